The van der Waals surface area contributed by atoms with Gasteiger partial charge in [0, 0.05) is 12.0 Å². The third-order valence-electron chi connectivity index (χ3n) is 3.35. The summed E-state index contributed by atoms with van der Waals surface area (Å²) in [6.07, 6.45) is 3.31. The average Bonchev–Trinajstić information content (AvgIpc) is 2.51. The van der Waals surface area contributed by atoms with Crippen LogP contribution >= 0.6 is 0 Å². The molecule has 2 unspecified atom stereocenters. The Morgan fingerprint density at radius 1 is 1.50 bits per heavy atom. The van der Waals surface area contributed by atoms with Gasteiger partial charge in [0.2, 0.25) is 0 Å². The average molecular weight is 193 g/mol. The van der Waals surface area contributed by atoms with Gasteiger partial charge in [-0.2, -0.15) is 5.26 Å². The molecule has 0 aromatic carbocycles. The fourth-order valence-electron chi connectivity index (χ4n) is 2.63. The van der Waals surface area contributed by atoms with E-state index in [1.807, 2.05) is 0 Å². The minimum atomic E-state index is 0.00299. The number of nitrogens with zero attached hydrogens (tertiary/aromatic N) is 3. The van der Waals surface area contributed by atoms with Crippen LogP contribution in [0.4, 0.5) is 0 Å². The van der Waals surface area contributed by atoms with Gasteiger partial charge in [-0.25, -0.2) is 0 Å². The molecule has 0 aliphatic carbocycles. The molecule has 4 heteroatoms. The number of hydrogen-bond donors (Lipinski definition) is 0. The zero-order valence-corrected chi connectivity index (χ0v) is 8.49. The van der Waals surface area contributed by atoms with E-state index in [1.165, 1.54) is 20.1 Å². The van der Waals surface area contributed by atoms with Gasteiger partial charge in [-0.05, 0) is 32.4 Å². The molecule has 0 aromatic heterocycles. The fourth-order valence-corrected chi connectivity index (χ4v) is 2.63. The van der Waals surface area contributed by atoms with Crippen LogP contribution in [0.5, 0.6) is 0 Å². The van der Waals surface area contributed by atoms with Crippen LogP contribution in [0.3, 0.4) is 0 Å². The zero-order valence-electron chi connectivity index (χ0n) is 8.49. The summed E-state index contributed by atoms with van der Waals surface area (Å²) in [6, 6.07) is 2.19. The smallest absolute Gasteiger partial charge is 0.164 e. The lowest BCUT2D eigenvalue weighted by Gasteiger charge is -2.31. The third kappa shape index (κ3) is 1.38. The van der Waals surface area contributed by atoms with Crippen LogP contribution in [-0.2, 0) is 4.84 Å². The van der Waals surface area contributed by atoms with Crippen molar-refractivity contribution in [1.29, 1.82) is 5.26 Å². The maximum absolute atomic E-state index is 9.04. The van der Waals surface area contributed by atoms with Gasteiger partial charge in [0.25, 0.3) is 0 Å². The standard InChI is InChI=1S/C10H15N3O/c1-14-12-9(7-11)10-3-2-5-13(8-10)6-4-10/h2-6,8H2,1H3. The summed E-state index contributed by atoms with van der Waals surface area (Å²) in [5.74, 6) is 0. The second kappa shape index (κ2) is 3.58. The first-order valence-corrected chi connectivity index (χ1v) is 5.05. The predicted molar refractivity (Wildman–Crippen MR) is 52.8 cm³/mol. The fraction of sp³-hybridized carbons (Fsp3) is 0.800. The Morgan fingerprint density at radius 3 is 3.07 bits per heavy atom. The maximum Gasteiger partial charge on any atom is 0.164 e. The molecule has 2 heterocycles. The summed E-state index contributed by atoms with van der Waals surface area (Å²) in [4.78, 5) is 7.15. The van der Waals surface area contributed by atoms with Crippen molar-refractivity contribution in [3.05, 3.63) is 0 Å². The SMILES string of the molecule is CON=C(C#N)C12CCCN(CC1)C2. The Balaban J connectivity index is 2.23. The van der Waals surface area contributed by atoms with E-state index in [9.17, 15) is 0 Å². The number of rotatable bonds is 2. The maximum atomic E-state index is 9.04. The molecule has 0 spiro atoms. The first-order valence-electron chi connectivity index (χ1n) is 5.05. The van der Waals surface area contributed by atoms with E-state index in [4.69, 9.17) is 10.1 Å². The molecule has 2 aliphatic heterocycles. The number of nitriles is 1. The number of hydrogen-bond acceptors (Lipinski definition) is 4. The molecule has 0 radical (unpaired) electrons. The molecular formula is C10H15N3O. The van der Waals surface area contributed by atoms with E-state index in [1.54, 1.807) is 0 Å². The molecular weight excluding hydrogens is 178 g/mol. The minimum Gasteiger partial charge on any atom is -0.398 e. The highest BCUT2D eigenvalue weighted by Gasteiger charge is 2.45. The molecule has 2 fully saturated rings. The van der Waals surface area contributed by atoms with Crippen LogP contribution in [0.15, 0.2) is 5.16 Å². The molecule has 0 amide bonds. The van der Waals surface area contributed by atoms with Crippen molar-refractivity contribution >= 4 is 5.71 Å². The molecule has 2 saturated heterocycles. The summed E-state index contributed by atoms with van der Waals surface area (Å²) in [7, 11) is 1.50. The lowest BCUT2D eigenvalue weighted by Crippen LogP contribution is -2.39. The van der Waals surface area contributed by atoms with Gasteiger partial charge >= 0.3 is 0 Å². The van der Waals surface area contributed by atoms with Gasteiger partial charge in [-0.15, -0.1) is 0 Å². The first-order chi connectivity index (χ1) is 6.80. The Morgan fingerprint density at radius 2 is 2.36 bits per heavy atom. The van der Waals surface area contributed by atoms with Crippen molar-refractivity contribution in [2.24, 2.45) is 10.6 Å². The number of piperidine rings is 1. The first kappa shape index (κ1) is 9.47. The molecule has 0 aromatic rings. The molecule has 2 bridgehead atoms. The van der Waals surface area contributed by atoms with E-state index >= 15 is 0 Å². The van der Waals surface area contributed by atoms with Crippen LogP contribution in [-0.4, -0.2) is 37.4 Å². The minimum absolute atomic E-state index is 0.00299. The van der Waals surface area contributed by atoms with E-state index in [2.05, 4.69) is 16.1 Å². The van der Waals surface area contributed by atoms with Crippen LogP contribution < -0.4 is 0 Å². The largest absolute Gasteiger partial charge is 0.398 e. The topological polar surface area (TPSA) is 48.6 Å². The Labute approximate surface area is 84.1 Å². The lowest BCUT2D eigenvalue weighted by atomic mass is 9.77. The van der Waals surface area contributed by atoms with Crippen molar-refractivity contribution in [3.8, 4) is 6.07 Å². The second-order valence-corrected chi connectivity index (χ2v) is 4.14. The van der Waals surface area contributed by atoms with Crippen molar-refractivity contribution in [2.45, 2.75) is 19.3 Å². The summed E-state index contributed by atoms with van der Waals surface area (Å²) in [6.45, 7) is 3.26. The van der Waals surface area contributed by atoms with E-state index in [-0.39, 0.29) is 5.41 Å². The molecule has 76 valence electrons. The molecule has 4 nitrogen and oxygen atoms in total. The van der Waals surface area contributed by atoms with Gasteiger partial charge < -0.3 is 9.74 Å². The monoisotopic (exact) mass is 193 g/mol. The Bertz CT molecular complexity index is 290. The van der Waals surface area contributed by atoms with Gasteiger partial charge in [0.1, 0.15) is 13.2 Å². The molecule has 2 aliphatic rings. The van der Waals surface area contributed by atoms with Crippen LogP contribution in [0.25, 0.3) is 0 Å². The highest BCUT2D eigenvalue weighted by molar-refractivity contribution is 6.03. The molecule has 14 heavy (non-hydrogen) atoms. The molecule has 0 N–H and O–H groups in total. The predicted octanol–water partition coefficient (Wildman–Crippen LogP) is 0.998. The van der Waals surface area contributed by atoms with Crippen LogP contribution in [0.1, 0.15) is 19.3 Å². The van der Waals surface area contributed by atoms with Gasteiger partial charge in [0.15, 0.2) is 5.71 Å². The highest BCUT2D eigenvalue weighted by Crippen LogP contribution is 2.40. The summed E-state index contributed by atoms with van der Waals surface area (Å²) < 4.78 is 0. The summed E-state index contributed by atoms with van der Waals surface area (Å²) >= 11 is 0. The normalized spacial score (nSPS) is 36.6. The van der Waals surface area contributed by atoms with Crippen molar-refractivity contribution in [2.75, 3.05) is 26.7 Å². The number of oxime groups is 1. The third-order valence-corrected chi connectivity index (χ3v) is 3.35. The van der Waals surface area contributed by atoms with Gasteiger partial charge in [0.05, 0.1) is 0 Å². The number of fused-ring (bicyclic) bond motifs is 2. The molecule has 2 atom stereocenters. The van der Waals surface area contributed by atoms with E-state index in [0.717, 1.165) is 25.9 Å². The summed E-state index contributed by atoms with van der Waals surface area (Å²) in [5.41, 5.74) is 0.588. The quantitative estimate of drug-likeness (QED) is 0.485. The van der Waals surface area contributed by atoms with E-state index < -0.39 is 0 Å². The van der Waals surface area contributed by atoms with E-state index in [0.29, 0.717) is 5.71 Å². The second-order valence-electron chi connectivity index (χ2n) is 4.14. The molecule has 0 saturated carbocycles. The van der Waals surface area contributed by atoms with Crippen LogP contribution in [0, 0.1) is 16.7 Å². The highest BCUT2D eigenvalue weighted by atomic mass is 16.6. The Kier molecular flexibility index (Phi) is 2.42. The van der Waals surface area contributed by atoms with Crippen molar-refractivity contribution in [3.63, 3.8) is 0 Å². The van der Waals surface area contributed by atoms with Crippen molar-refractivity contribution in [1.82, 2.24) is 4.90 Å². The zero-order chi connectivity index (χ0) is 10.0. The lowest BCUT2D eigenvalue weighted by molar-refractivity contribution is 0.197. The van der Waals surface area contributed by atoms with Gasteiger partial charge in [-0.3, -0.25) is 0 Å². The molecule has 2 rings (SSSR count). The summed E-state index contributed by atoms with van der Waals surface area (Å²) in [5, 5.41) is 12.9. The van der Waals surface area contributed by atoms with Gasteiger partial charge in [-0.1, -0.05) is 5.16 Å². The van der Waals surface area contributed by atoms with Crippen molar-refractivity contribution < 1.29 is 4.84 Å². The Hall–Kier alpha value is -1.08. The van der Waals surface area contributed by atoms with Crippen LogP contribution in [0.2, 0.25) is 0 Å².